The maximum atomic E-state index is 11.0. The Balaban J connectivity index is 2.46. The van der Waals surface area contributed by atoms with Crippen LogP contribution in [0, 0.1) is 10.1 Å². The molecule has 0 atom stereocenters. The van der Waals surface area contributed by atoms with Gasteiger partial charge in [-0.15, -0.1) is 0 Å². The minimum Gasteiger partial charge on any atom is -0.448 e. The number of nitro benzene ring substituents is 1. The molecule has 0 bridgehead atoms. The van der Waals surface area contributed by atoms with Gasteiger partial charge in [-0.25, -0.2) is 0 Å². The van der Waals surface area contributed by atoms with Crippen LogP contribution in [-0.2, 0) is 0 Å². The lowest BCUT2D eigenvalue weighted by Crippen LogP contribution is -1.98. The second-order valence-corrected chi connectivity index (χ2v) is 4.95. The van der Waals surface area contributed by atoms with Gasteiger partial charge in [0.25, 0.3) is 0 Å². The Labute approximate surface area is 122 Å². The Morgan fingerprint density at radius 1 is 1.26 bits per heavy atom. The highest BCUT2D eigenvalue weighted by atomic mass is 79.9. The van der Waals surface area contributed by atoms with Crippen LogP contribution in [-0.4, -0.2) is 4.92 Å². The summed E-state index contributed by atoms with van der Waals surface area (Å²) in [6.45, 7) is 0. The SMILES string of the molecule is Nc1cccc(Oc2cc(Br)ccc2Cl)c1[N+](=O)[O-]. The number of anilines is 1. The smallest absolute Gasteiger partial charge is 0.334 e. The molecule has 0 radical (unpaired) electrons. The van der Waals surface area contributed by atoms with Crippen LogP contribution < -0.4 is 10.5 Å². The predicted molar refractivity (Wildman–Crippen MR) is 76.7 cm³/mol. The molecular formula is C12H8BrClN2O3. The molecule has 7 heteroatoms. The van der Waals surface area contributed by atoms with Crippen molar-refractivity contribution in [3.8, 4) is 11.5 Å². The summed E-state index contributed by atoms with van der Waals surface area (Å²) in [6.07, 6.45) is 0. The molecule has 5 nitrogen and oxygen atoms in total. The molecule has 0 aliphatic rings. The van der Waals surface area contributed by atoms with E-state index in [0.717, 1.165) is 4.47 Å². The topological polar surface area (TPSA) is 78.4 Å². The van der Waals surface area contributed by atoms with E-state index in [1.54, 1.807) is 24.3 Å². The number of hydrogen-bond donors (Lipinski definition) is 1. The summed E-state index contributed by atoms with van der Waals surface area (Å²) in [6, 6.07) is 9.46. The largest absolute Gasteiger partial charge is 0.448 e. The molecule has 0 saturated heterocycles. The van der Waals surface area contributed by atoms with Gasteiger partial charge >= 0.3 is 5.69 Å². The third-order valence-electron chi connectivity index (χ3n) is 2.33. The van der Waals surface area contributed by atoms with E-state index in [2.05, 4.69) is 15.9 Å². The third kappa shape index (κ3) is 2.97. The van der Waals surface area contributed by atoms with E-state index in [-0.39, 0.29) is 17.1 Å². The number of rotatable bonds is 3. The van der Waals surface area contributed by atoms with E-state index in [1.165, 1.54) is 12.1 Å². The predicted octanol–water partition coefficient (Wildman–Crippen LogP) is 4.39. The first-order valence-electron chi connectivity index (χ1n) is 5.15. The van der Waals surface area contributed by atoms with Gasteiger partial charge in [0.1, 0.15) is 11.4 Å². The number of nitrogen functional groups attached to an aromatic ring is 1. The van der Waals surface area contributed by atoms with Crippen LogP contribution in [0.2, 0.25) is 5.02 Å². The number of hydrogen-bond acceptors (Lipinski definition) is 4. The minimum atomic E-state index is -0.587. The van der Waals surface area contributed by atoms with E-state index in [9.17, 15) is 10.1 Å². The fourth-order valence-corrected chi connectivity index (χ4v) is 1.99. The summed E-state index contributed by atoms with van der Waals surface area (Å²) in [5, 5.41) is 11.3. The van der Waals surface area contributed by atoms with E-state index < -0.39 is 4.92 Å². The Bertz CT molecular complexity index is 649. The Kier molecular flexibility index (Phi) is 3.92. The van der Waals surface area contributed by atoms with Crippen molar-refractivity contribution in [3.05, 3.63) is 56.0 Å². The molecule has 98 valence electrons. The molecule has 0 spiro atoms. The number of benzene rings is 2. The zero-order valence-electron chi connectivity index (χ0n) is 9.47. The summed E-state index contributed by atoms with van der Waals surface area (Å²) in [5.74, 6) is 0.356. The molecule has 2 N–H and O–H groups in total. The van der Waals surface area contributed by atoms with E-state index in [1.807, 2.05) is 0 Å². The van der Waals surface area contributed by atoms with Gasteiger partial charge in [-0.3, -0.25) is 10.1 Å². The van der Waals surface area contributed by atoms with Gasteiger partial charge in [0.2, 0.25) is 5.75 Å². The van der Waals surface area contributed by atoms with Crippen molar-refractivity contribution < 1.29 is 9.66 Å². The molecule has 0 aliphatic carbocycles. The Morgan fingerprint density at radius 2 is 2.00 bits per heavy atom. The maximum absolute atomic E-state index is 11.0. The lowest BCUT2D eigenvalue weighted by molar-refractivity contribution is -0.384. The summed E-state index contributed by atoms with van der Waals surface area (Å²) >= 11 is 9.25. The number of nitrogens with two attached hydrogens (primary N) is 1. The first-order chi connectivity index (χ1) is 8.99. The van der Waals surface area contributed by atoms with E-state index >= 15 is 0 Å². The maximum Gasteiger partial charge on any atom is 0.334 e. The van der Waals surface area contributed by atoms with Gasteiger partial charge in [0, 0.05) is 4.47 Å². The zero-order chi connectivity index (χ0) is 14.0. The molecule has 2 aromatic rings. The average molecular weight is 344 g/mol. The van der Waals surface area contributed by atoms with Gasteiger partial charge in [0.05, 0.1) is 9.95 Å². The van der Waals surface area contributed by atoms with Gasteiger partial charge in [0.15, 0.2) is 0 Å². The van der Waals surface area contributed by atoms with Crippen molar-refractivity contribution in [2.75, 3.05) is 5.73 Å². The first kappa shape index (κ1) is 13.6. The molecule has 2 rings (SSSR count). The van der Waals surface area contributed by atoms with Gasteiger partial charge < -0.3 is 10.5 Å². The molecule has 0 aliphatic heterocycles. The van der Waals surface area contributed by atoms with Gasteiger partial charge in [-0.1, -0.05) is 33.6 Å². The van der Waals surface area contributed by atoms with Crippen molar-refractivity contribution in [1.29, 1.82) is 0 Å². The van der Waals surface area contributed by atoms with Crippen LogP contribution in [0.1, 0.15) is 0 Å². The number of nitrogens with zero attached hydrogens (tertiary/aromatic N) is 1. The highest BCUT2D eigenvalue weighted by Crippen LogP contribution is 2.38. The lowest BCUT2D eigenvalue weighted by Gasteiger charge is -2.09. The van der Waals surface area contributed by atoms with Crippen LogP contribution in [0.5, 0.6) is 11.5 Å². The van der Waals surface area contributed by atoms with Crippen LogP contribution in [0.3, 0.4) is 0 Å². The molecule has 0 amide bonds. The van der Waals surface area contributed by atoms with E-state index in [4.69, 9.17) is 22.1 Å². The molecule has 19 heavy (non-hydrogen) atoms. The molecule has 0 unspecified atom stereocenters. The second-order valence-electron chi connectivity index (χ2n) is 3.63. The van der Waals surface area contributed by atoms with Crippen LogP contribution in [0.15, 0.2) is 40.9 Å². The quantitative estimate of drug-likeness (QED) is 0.509. The van der Waals surface area contributed by atoms with Crippen molar-refractivity contribution >= 4 is 38.9 Å². The van der Waals surface area contributed by atoms with Crippen molar-refractivity contribution in [2.24, 2.45) is 0 Å². The monoisotopic (exact) mass is 342 g/mol. The first-order valence-corrected chi connectivity index (χ1v) is 6.32. The third-order valence-corrected chi connectivity index (χ3v) is 3.13. The van der Waals surface area contributed by atoms with Crippen molar-refractivity contribution in [2.45, 2.75) is 0 Å². The summed E-state index contributed by atoms with van der Waals surface area (Å²) in [7, 11) is 0. The number of nitro groups is 1. The highest BCUT2D eigenvalue weighted by Gasteiger charge is 2.20. The van der Waals surface area contributed by atoms with Crippen molar-refractivity contribution in [1.82, 2.24) is 0 Å². The molecule has 0 saturated carbocycles. The van der Waals surface area contributed by atoms with Gasteiger partial charge in [-0.2, -0.15) is 0 Å². The summed E-state index contributed by atoms with van der Waals surface area (Å²) in [5.41, 5.74) is 5.34. The lowest BCUT2D eigenvalue weighted by atomic mass is 10.2. The van der Waals surface area contributed by atoms with Crippen LogP contribution in [0.4, 0.5) is 11.4 Å². The standard InChI is InChI=1S/C12H8BrClN2O3/c13-7-4-5-8(14)11(6-7)19-10-3-1-2-9(15)12(10)16(17)18/h1-6H,15H2. The number of ether oxygens (including phenoxy) is 1. The van der Waals surface area contributed by atoms with Crippen LogP contribution in [0.25, 0.3) is 0 Å². The normalized spacial score (nSPS) is 10.2. The second kappa shape index (κ2) is 5.46. The van der Waals surface area contributed by atoms with Crippen molar-refractivity contribution in [3.63, 3.8) is 0 Å². The summed E-state index contributed by atoms with van der Waals surface area (Å²) < 4.78 is 6.23. The zero-order valence-corrected chi connectivity index (χ0v) is 11.8. The molecule has 2 aromatic carbocycles. The number of para-hydroxylation sites is 1. The highest BCUT2D eigenvalue weighted by molar-refractivity contribution is 9.10. The average Bonchev–Trinajstić information content (AvgIpc) is 2.33. The fourth-order valence-electron chi connectivity index (χ4n) is 1.49. The molecule has 0 aromatic heterocycles. The molecule has 0 fully saturated rings. The molecule has 0 heterocycles. The van der Waals surface area contributed by atoms with Crippen LogP contribution >= 0.6 is 27.5 Å². The fraction of sp³-hybridized carbons (Fsp3) is 0. The minimum absolute atomic E-state index is 0.0358. The molecular weight excluding hydrogens is 336 g/mol. The van der Waals surface area contributed by atoms with E-state index in [0.29, 0.717) is 10.8 Å². The van der Waals surface area contributed by atoms with Gasteiger partial charge in [-0.05, 0) is 30.3 Å². The number of halogens is 2. The Morgan fingerprint density at radius 3 is 2.68 bits per heavy atom. The Hall–Kier alpha value is -1.79. The summed E-state index contributed by atoms with van der Waals surface area (Å²) in [4.78, 5) is 10.4.